The Kier molecular flexibility index (Phi) is 4.41. The van der Waals surface area contributed by atoms with E-state index in [4.69, 9.17) is 4.42 Å². The Morgan fingerprint density at radius 2 is 1.48 bits per heavy atom. The van der Waals surface area contributed by atoms with Crippen molar-refractivity contribution in [3.8, 4) is 11.5 Å². The predicted molar refractivity (Wildman–Crippen MR) is 102 cm³/mol. The van der Waals surface area contributed by atoms with Crippen LogP contribution in [0.2, 0.25) is 0 Å². The molecule has 0 radical (unpaired) electrons. The summed E-state index contributed by atoms with van der Waals surface area (Å²) in [6.45, 7) is 12.6. The lowest BCUT2D eigenvalue weighted by Gasteiger charge is -2.24. The van der Waals surface area contributed by atoms with Gasteiger partial charge in [-0.2, -0.15) is 13.2 Å². The van der Waals surface area contributed by atoms with Crippen molar-refractivity contribution in [2.24, 2.45) is 0 Å². The van der Waals surface area contributed by atoms with E-state index in [9.17, 15) is 13.2 Å². The molecule has 1 heterocycles. The van der Waals surface area contributed by atoms with Gasteiger partial charge < -0.3 is 4.42 Å². The molecule has 1 aromatic heterocycles. The lowest BCUT2D eigenvalue weighted by atomic mass is 9.80. The molecule has 5 heteroatoms. The van der Waals surface area contributed by atoms with E-state index in [0.29, 0.717) is 16.7 Å². The quantitative estimate of drug-likeness (QED) is 0.453. The second-order valence-corrected chi connectivity index (χ2v) is 8.97. The summed E-state index contributed by atoms with van der Waals surface area (Å²) in [4.78, 5) is 4.52. The number of alkyl halides is 3. The zero-order chi connectivity index (χ0) is 20.2. The topological polar surface area (TPSA) is 26.0 Å². The second kappa shape index (κ2) is 6.11. The second-order valence-electron chi connectivity index (χ2n) is 8.97. The average molecular weight is 375 g/mol. The fourth-order valence-electron chi connectivity index (χ4n) is 2.97. The molecular formula is C22H24F3NO. The summed E-state index contributed by atoms with van der Waals surface area (Å²) in [5.41, 5.74) is 2.74. The number of halogens is 3. The van der Waals surface area contributed by atoms with Crippen LogP contribution >= 0.6 is 0 Å². The third-order valence-corrected chi connectivity index (χ3v) is 4.60. The van der Waals surface area contributed by atoms with Crippen LogP contribution in [0.25, 0.3) is 22.6 Å². The van der Waals surface area contributed by atoms with Crippen LogP contribution in [0.4, 0.5) is 13.2 Å². The van der Waals surface area contributed by atoms with Gasteiger partial charge in [-0.1, -0.05) is 53.7 Å². The molecule has 0 saturated carbocycles. The average Bonchev–Trinajstić information content (AvgIpc) is 2.95. The maximum absolute atomic E-state index is 13.0. The van der Waals surface area contributed by atoms with Gasteiger partial charge >= 0.3 is 6.18 Å². The predicted octanol–water partition coefficient (Wildman–Crippen LogP) is 7.11. The summed E-state index contributed by atoms with van der Waals surface area (Å²) >= 11 is 0. The zero-order valence-corrected chi connectivity index (χ0v) is 16.5. The molecule has 0 unspecified atom stereocenters. The lowest BCUT2D eigenvalue weighted by molar-refractivity contribution is -0.137. The molecule has 0 bridgehead atoms. The van der Waals surface area contributed by atoms with Gasteiger partial charge in [0.2, 0.25) is 5.89 Å². The molecule has 0 spiro atoms. The molecule has 3 rings (SSSR count). The smallest absolute Gasteiger partial charge is 0.416 e. The van der Waals surface area contributed by atoms with Crippen LogP contribution in [0.3, 0.4) is 0 Å². The van der Waals surface area contributed by atoms with Crippen LogP contribution in [0.15, 0.2) is 40.8 Å². The molecule has 0 aliphatic rings. The highest BCUT2D eigenvalue weighted by molar-refractivity contribution is 5.81. The van der Waals surface area contributed by atoms with Gasteiger partial charge in [-0.3, -0.25) is 0 Å². The number of rotatable bonds is 1. The third-order valence-electron chi connectivity index (χ3n) is 4.60. The monoisotopic (exact) mass is 375 g/mol. The highest BCUT2D eigenvalue weighted by Crippen LogP contribution is 2.38. The molecule has 144 valence electrons. The van der Waals surface area contributed by atoms with Gasteiger partial charge in [0, 0.05) is 11.1 Å². The summed E-state index contributed by atoms with van der Waals surface area (Å²) in [7, 11) is 0. The first kappa shape index (κ1) is 19.5. The molecule has 0 N–H and O–H groups in total. The van der Waals surface area contributed by atoms with Crippen molar-refractivity contribution < 1.29 is 17.6 Å². The fraction of sp³-hybridized carbons (Fsp3) is 0.409. The number of oxazole rings is 1. The number of hydrogen-bond donors (Lipinski definition) is 0. The summed E-state index contributed by atoms with van der Waals surface area (Å²) in [5.74, 6) is 0.202. The molecule has 0 atom stereocenters. The van der Waals surface area contributed by atoms with Crippen molar-refractivity contribution in [1.29, 1.82) is 0 Å². The van der Waals surface area contributed by atoms with Gasteiger partial charge in [0.25, 0.3) is 0 Å². The Morgan fingerprint density at radius 1 is 0.815 bits per heavy atom. The highest BCUT2D eigenvalue weighted by atomic mass is 19.4. The van der Waals surface area contributed by atoms with Crippen molar-refractivity contribution in [1.82, 2.24) is 4.98 Å². The van der Waals surface area contributed by atoms with Crippen LogP contribution in [0.5, 0.6) is 0 Å². The van der Waals surface area contributed by atoms with Crippen molar-refractivity contribution >= 4 is 11.1 Å². The van der Waals surface area contributed by atoms with E-state index in [0.717, 1.165) is 23.3 Å². The fourth-order valence-corrected chi connectivity index (χ4v) is 2.97. The van der Waals surface area contributed by atoms with Crippen LogP contribution in [-0.2, 0) is 17.0 Å². The van der Waals surface area contributed by atoms with E-state index < -0.39 is 11.7 Å². The van der Waals surface area contributed by atoms with Crippen LogP contribution in [-0.4, -0.2) is 4.98 Å². The van der Waals surface area contributed by atoms with Crippen LogP contribution in [0.1, 0.15) is 58.2 Å². The largest absolute Gasteiger partial charge is 0.436 e. The molecule has 0 fully saturated rings. The van der Waals surface area contributed by atoms with E-state index in [2.05, 4.69) is 52.6 Å². The molecule has 0 amide bonds. The minimum atomic E-state index is -4.40. The van der Waals surface area contributed by atoms with Gasteiger partial charge in [-0.05, 0) is 40.7 Å². The van der Waals surface area contributed by atoms with Crippen LogP contribution in [0, 0.1) is 0 Å². The maximum Gasteiger partial charge on any atom is 0.416 e. The number of aromatic nitrogens is 1. The Balaban J connectivity index is 2.24. The van der Waals surface area contributed by atoms with Gasteiger partial charge in [-0.15, -0.1) is 0 Å². The Morgan fingerprint density at radius 3 is 2.04 bits per heavy atom. The Hall–Kier alpha value is -2.30. The minimum Gasteiger partial charge on any atom is -0.436 e. The summed E-state index contributed by atoms with van der Waals surface area (Å²) < 4.78 is 45.1. The summed E-state index contributed by atoms with van der Waals surface area (Å²) in [5, 5.41) is 0. The van der Waals surface area contributed by atoms with E-state index in [1.807, 2.05) is 6.07 Å². The van der Waals surface area contributed by atoms with Gasteiger partial charge in [0.1, 0.15) is 5.52 Å². The summed E-state index contributed by atoms with van der Waals surface area (Å²) in [6.07, 6.45) is -4.40. The van der Waals surface area contributed by atoms with Crippen molar-refractivity contribution in [2.45, 2.75) is 58.5 Å². The zero-order valence-electron chi connectivity index (χ0n) is 16.5. The first-order valence-electron chi connectivity index (χ1n) is 8.90. The van der Waals surface area contributed by atoms with Crippen molar-refractivity contribution in [3.05, 3.63) is 53.1 Å². The standard InChI is InChI=1S/C22H24F3NO/c1-20(2,3)15-11-16(21(4,5)6)18-17(12-15)26-19(27-18)13-8-7-9-14(10-13)22(23,24)25/h7-12H,1-6H3. The van der Waals surface area contributed by atoms with Gasteiger partial charge in [0.05, 0.1) is 5.56 Å². The molecule has 0 saturated heterocycles. The van der Waals surface area contributed by atoms with E-state index >= 15 is 0 Å². The molecule has 3 aromatic rings. The highest BCUT2D eigenvalue weighted by Gasteiger charge is 2.31. The van der Waals surface area contributed by atoms with E-state index in [-0.39, 0.29) is 16.7 Å². The molecule has 27 heavy (non-hydrogen) atoms. The number of benzene rings is 2. The minimum absolute atomic E-state index is 0.0799. The third kappa shape index (κ3) is 3.87. The normalized spacial score (nSPS) is 13.4. The molecule has 0 aliphatic carbocycles. The maximum atomic E-state index is 13.0. The molecule has 2 nitrogen and oxygen atoms in total. The van der Waals surface area contributed by atoms with Crippen LogP contribution < -0.4 is 0 Å². The molecular weight excluding hydrogens is 351 g/mol. The number of fused-ring (bicyclic) bond motifs is 1. The van der Waals surface area contributed by atoms with Gasteiger partial charge in [0.15, 0.2) is 5.58 Å². The Bertz CT molecular complexity index is 985. The molecule has 2 aromatic carbocycles. The van der Waals surface area contributed by atoms with Gasteiger partial charge in [-0.25, -0.2) is 4.98 Å². The SMILES string of the molecule is CC(C)(C)c1cc(C(C)(C)C)c2oc(-c3cccc(C(F)(F)F)c3)nc2c1. The first-order valence-corrected chi connectivity index (χ1v) is 8.90. The summed E-state index contributed by atoms with van der Waals surface area (Å²) in [6, 6.07) is 9.16. The molecule has 0 aliphatic heterocycles. The van der Waals surface area contributed by atoms with Crippen molar-refractivity contribution in [2.75, 3.05) is 0 Å². The van der Waals surface area contributed by atoms with Crippen molar-refractivity contribution in [3.63, 3.8) is 0 Å². The number of nitrogens with zero attached hydrogens (tertiary/aromatic N) is 1. The number of hydrogen-bond acceptors (Lipinski definition) is 2. The Labute approximate surface area is 157 Å². The van der Waals surface area contributed by atoms with E-state index in [1.165, 1.54) is 6.07 Å². The lowest BCUT2D eigenvalue weighted by Crippen LogP contribution is -2.16. The van der Waals surface area contributed by atoms with E-state index in [1.54, 1.807) is 6.07 Å². The first-order chi connectivity index (χ1) is 12.3.